The fraction of sp³-hybridized carbons (Fsp3) is 0.182. The van der Waals surface area contributed by atoms with Crippen molar-refractivity contribution in [3.63, 3.8) is 0 Å². The number of rotatable bonds is 5. The van der Waals surface area contributed by atoms with Crippen LogP contribution in [-0.4, -0.2) is 31.5 Å². The Kier molecular flexibility index (Phi) is 4.37. The number of carbonyl (C=O) groups excluding carboxylic acids is 1. The molecule has 1 amide bonds. The number of nitrogens with two attached hydrogens (primary N) is 2. The SMILES string of the molecule is NC(=O)CC(c1cnc(N)[nH]1)n1c(C(=O)O)cc(Br)c1Br. The van der Waals surface area contributed by atoms with E-state index in [1.54, 1.807) is 0 Å². The van der Waals surface area contributed by atoms with Crippen molar-refractivity contribution in [3.8, 4) is 0 Å². The van der Waals surface area contributed by atoms with Gasteiger partial charge in [0.15, 0.2) is 5.95 Å². The largest absolute Gasteiger partial charge is 0.477 e. The van der Waals surface area contributed by atoms with Gasteiger partial charge in [-0.3, -0.25) is 4.79 Å². The molecule has 0 fully saturated rings. The Hall–Kier alpha value is -1.81. The van der Waals surface area contributed by atoms with Crippen molar-refractivity contribution in [1.82, 2.24) is 14.5 Å². The number of aromatic nitrogens is 3. The van der Waals surface area contributed by atoms with Crippen LogP contribution in [0.5, 0.6) is 0 Å². The van der Waals surface area contributed by atoms with Crippen LogP contribution in [0.2, 0.25) is 0 Å². The van der Waals surface area contributed by atoms with Crippen molar-refractivity contribution < 1.29 is 14.7 Å². The number of nitrogens with zero attached hydrogens (tertiary/aromatic N) is 2. The third-order valence-corrected chi connectivity index (χ3v) is 4.78. The van der Waals surface area contributed by atoms with E-state index in [1.807, 2.05) is 0 Å². The molecule has 0 radical (unpaired) electrons. The molecule has 0 aliphatic heterocycles. The molecule has 1 atom stereocenters. The van der Waals surface area contributed by atoms with E-state index in [2.05, 4.69) is 41.8 Å². The molecule has 0 bridgehead atoms. The van der Waals surface area contributed by atoms with Crippen LogP contribution in [0.1, 0.15) is 28.6 Å². The number of imidazole rings is 1. The minimum absolute atomic E-state index is 0.00632. The highest BCUT2D eigenvalue weighted by molar-refractivity contribution is 9.13. The number of amides is 1. The van der Waals surface area contributed by atoms with Crippen LogP contribution in [0.4, 0.5) is 5.95 Å². The van der Waals surface area contributed by atoms with Crippen molar-refractivity contribution in [2.45, 2.75) is 12.5 Å². The summed E-state index contributed by atoms with van der Waals surface area (Å²) in [7, 11) is 0. The summed E-state index contributed by atoms with van der Waals surface area (Å²) in [6, 6.07) is 0.763. The lowest BCUT2D eigenvalue weighted by Crippen LogP contribution is -2.23. The summed E-state index contributed by atoms with van der Waals surface area (Å²) in [6.07, 6.45) is 1.33. The average Bonchev–Trinajstić information content (AvgIpc) is 2.93. The molecule has 0 aliphatic rings. The van der Waals surface area contributed by atoms with Crippen LogP contribution >= 0.6 is 31.9 Å². The number of hydrogen-bond acceptors (Lipinski definition) is 4. The summed E-state index contributed by atoms with van der Waals surface area (Å²) in [5, 5.41) is 9.31. The van der Waals surface area contributed by atoms with E-state index in [9.17, 15) is 14.7 Å². The number of carboxylic acid groups (broad SMARTS) is 1. The summed E-state index contributed by atoms with van der Waals surface area (Å²) >= 11 is 6.55. The zero-order valence-corrected chi connectivity index (χ0v) is 13.7. The number of aromatic amines is 1. The molecule has 2 aromatic rings. The number of carboxylic acids is 1. The second kappa shape index (κ2) is 5.90. The Morgan fingerprint density at radius 1 is 1.48 bits per heavy atom. The number of aromatic carboxylic acids is 1. The quantitative estimate of drug-likeness (QED) is 0.579. The van der Waals surface area contributed by atoms with Gasteiger partial charge in [0.2, 0.25) is 5.91 Å². The van der Waals surface area contributed by atoms with E-state index in [4.69, 9.17) is 11.5 Å². The zero-order chi connectivity index (χ0) is 15.7. The van der Waals surface area contributed by atoms with Crippen LogP contribution in [0.25, 0.3) is 0 Å². The first-order valence-corrected chi connectivity index (χ1v) is 7.28. The van der Waals surface area contributed by atoms with Gasteiger partial charge < -0.3 is 26.1 Å². The molecule has 0 saturated heterocycles. The highest BCUT2D eigenvalue weighted by Gasteiger charge is 2.27. The molecule has 21 heavy (non-hydrogen) atoms. The molecule has 0 spiro atoms. The maximum Gasteiger partial charge on any atom is 0.352 e. The second-order valence-corrected chi connectivity index (χ2v) is 5.86. The van der Waals surface area contributed by atoms with Crippen LogP contribution in [-0.2, 0) is 4.79 Å². The highest BCUT2D eigenvalue weighted by atomic mass is 79.9. The van der Waals surface area contributed by atoms with E-state index < -0.39 is 17.9 Å². The minimum Gasteiger partial charge on any atom is -0.477 e. The number of nitrogens with one attached hydrogen (secondary N) is 1. The second-order valence-electron chi connectivity index (χ2n) is 4.25. The van der Waals surface area contributed by atoms with E-state index in [1.165, 1.54) is 16.8 Å². The van der Waals surface area contributed by atoms with E-state index >= 15 is 0 Å². The Labute approximate surface area is 135 Å². The predicted molar refractivity (Wildman–Crippen MR) is 81.7 cm³/mol. The van der Waals surface area contributed by atoms with Gasteiger partial charge in [-0.05, 0) is 37.9 Å². The third kappa shape index (κ3) is 3.10. The van der Waals surface area contributed by atoms with Gasteiger partial charge in [0.1, 0.15) is 10.3 Å². The van der Waals surface area contributed by atoms with Crippen LogP contribution in [0.15, 0.2) is 21.3 Å². The molecular weight excluding hydrogens is 410 g/mol. The van der Waals surface area contributed by atoms with E-state index in [0.29, 0.717) is 14.8 Å². The van der Waals surface area contributed by atoms with Gasteiger partial charge in [-0.25, -0.2) is 9.78 Å². The van der Waals surface area contributed by atoms with Gasteiger partial charge in [-0.1, -0.05) is 0 Å². The highest BCUT2D eigenvalue weighted by Crippen LogP contribution is 2.34. The van der Waals surface area contributed by atoms with E-state index in [0.717, 1.165) is 0 Å². The standard InChI is InChI=1S/C11H11Br2N5O3/c12-4-1-7(10(20)21)18(9(4)13)6(2-8(14)19)5-3-16-11(15)17-5/h1,3,6H,2H2,(H2,14,19)(H,20,21)(H3,15,16,17). The molecule has 2 aromatic heterocycles. The maximum absolute atomic E-state index is 11.4. The lowest BCUT2D eigenvalue weighted by molar-refractivity contribution is -0.118. The average molecular weight is 421 g/mol. The van der Waals surface area contributed by atoms with Gasteiger partial charge in [0, 0.05) is 0 Å². The molecule has 2 rings (SSSR count). The predicted octanol–water partition coefficient (Wildman–Crippen LogP) is 1.48. The Morgan fingerprint density at radius 2 is 2.14 bits per heavy atom. The summed E-state index contributed by atoms with van der Waals surface area (Å²) in [5.74, 6) is -1.55. The molecule has 0 aromatic carbocycles. The Morgan fingerprint density at radius 3 is 2.62 bits per heavy atom. The normalized spacial score (nSPS) is 12.3. The lowest BCUT2D eigenvalue weighted by Gasteiger charge is -2.19. The van der Waals surface area contributed by atoms with Crippen molar-refractivity contribution in [2.75, 3.05) is 5.73 Å². The lowest BCUT2D eigenvalue weighted by atomic mass is 10.1. The van der Waals surface area contributed by atoms with Crippen molar-refractivity contribution in [3.05, 3.63) is 32.7 Å². The van der Waals surface area contributed by atoms with Gasteiger partial charge in [0.25, 0.3) is 0 Å². The summed E-state index contributed by atoms with van der Waals surface area (Å²) in [6.45, 7) is 0. The molecule has 0 saturated carbocycles. The van der Waals surface area contributed by atoms with Crippen LogP contribution < -0.4 is 11.5 Å². The number of primary amides is 1. The monoisotopic (exact) mass is 419 g/mol. The van der Waals surface area contributed by atoms with E-state index in [-0.39, 0.29) is 18.1 Å². The van der Waals surface area contributed by atoms with Gasteiger partial charge in [-0.15, -0.1) is 0 Å². The number of nitrogen functional groups attached to an aromatic ring is 1. The fourth-order valence-electron chi connectivity index (χ4n) is 1.99. The zero-order valence-electron chi connectivity index (χ0n) is 10.5. The van der Waals surface area contributed by atoms with Gasteiger partial charge >= 0.3 is 5.97 Å². The van der Waals surface area contributed by atoms with Crippen molar-refractivity contribution in [2.24, 2.45) is 5.73 Å². The number of halogens is 2. The summed E-state index contributed by atoms with van der Waals surface area (Å²) in [4.78, 5) is 29.4. The molecule has 1 unspecified atom stereocenters. The molecule has 10 heteroatoms. The van der Waals surface area contributed by atoms with Crippen molar-refractivity contribution in [1.29, 1.82) is 0 Å². The number of carbonyl (C=O) groups is 2. The van der Waals surface area contributed by atoms with Gasteiger partial charge in [-0.2, -0.15) is 0 Å². The molecule has 2 heterocycles. The molecule has 0 aliphatic carbocycles. The maximum atomic E-state index is 11.4. The van der Waals surface area contributed by atoms with Crippen LogP contribution in [0.3, 0.4) is 0 Å². The molecule has 112 valence electrons. The number of anilines is 1. The Balaban J connectivity index is 2.61. The first-order valence-electron chi connectivity index (χ1n) is 5.69. The summed E-state index contributed by atoms with van der Waals surface area (Å²) in [5.41, 5.74) is 11.3. The smallest absolute Gasteiger partial charge is 0.352 e. The third-order valence-electron chi connectivity index (χ3n) is 2.83. The minimum atomic E-state index is -1.14. The van der Waals surface area contributed by atoms with Crippen LogP contribution in [0, 0.1) is 0 Å². The number of hydrogen-bond donors (Lipinski definition) is 4. The fourth-order valence-corrected chi connectivity index (χ4v) is 2.95. The van der Waals surface area contributed by atoms with Gasteiger partial charge in [0.05, 0.1) is 28.8 Å². The molecule has 8 nitrogen and oxygen atoms in total. The molecule has 6 N–H and O–H groups in total. The number of H-pyrrole nitrogens is 1. The first-order chi connectivity index (χ1) is 9.81. The first kappa shape index (κ1) is 15.6. The Bertz CT molecular complexity index is 709. The topological polar surface area (TPSA) is 140 Å². The molecular formula is C11H11Br2N5O3. The summed E-state index contributed by atoms with van der Waals surface area (Å²) < 4.78 is 2.45. The van der Waals surface area contributed by atoms with Crippen molar-refractivity contribution >= 4 is 49.7 Å².